The van der Waals surface area contributed by atoms with Gasteiger partial charge in [0.1, 0.15) is 0 Å². The highest BCUT2D eigenvalue weighted by Crippen LogP contribution is 2.39. The molecule has 0 spiro atoms. The van der Waals surface area contributed by atoms with Crippen LogP contribution in [0, 0.1) is 0 Å². The Morgan fingerprint density at radius 1 is 0.889 bits per heavy atom. The summed E-state index contributed by atoms with van der Waals surface area (Å²) < 4.78 is 0. The Morgan fingerprint density at radius 3 is 2.26 bits per heavy atom. The molecule has 1 amide bonds. The topological polar surface area (TPSA) is 20.3 Å². The van der Waals surface area contributed by atoms with E-state index in [1.165, 1.54) is 21.9 Å². The lowest BCUT2D eigenvalue weighted by Gasteiger charge is -2.37. The van der Waals surface area contributed by atoms with E-state index in [9.17, 15) is 4.79 Å². The van der Waals surface area contributed by atoms with Crippen molar-refractivity contribution in [3.8, 4) is 0 Å². The SMILES string of the molecule is CCC1=C(c2ccccc2)C(=O)N(C(C)(C)c2ccc3ccccc3c2)C1. The average Bonchev–Trinajstić information content (AvgIpc) is 3.05. The molecule has 0 bridgehead atoms. The summed E-state index contributed by atoms with van der Waals surface area (Å²) in [6.07, 6.45) is 0.889. The predicted octanol–water partition coefficient (Wildman–Crippen LogP) is 5.78. The van der Waals surface area contributed by atoms with E-state index in [-0.39, 0.29) is 11.4 Å². The third kappa shape index (κ3) is 2.95. The van der Waals surface area contributed by atoms with Gasteiger partial charge in [-0.25, -0.2) is 0 Å². The summed E-state index contributed by atoms with van der Waals surface area (Å²) >= 11 is 0. The van der Waals surface area contributed by atoms with Crippen LogP contribution in [0.2, 0.25) is 0 Å². The van der Waals surface area contributed by atoms with Gasteiger partial charge in [-0.2, -0.15) is 0 Å². The fourth-order valence-electron chi connectivity index (χ4n) is 4.03. The van der Waals surface area contributed by atoms with Gasteiger partial charge in [0, 0.05) is 12.1 Å². The summed E-state index contributed by atoms with van der Waals surface area (Å²) in [6.45, 7) is 7.13. The predicted molar refractivity (Wildman–Crippen MR) is 112 cm³/mol. The van der Waals surface area contributed by atoms with Crippen molar-refractivity contribution in [2.75, 3.05) is 6.54 Å². The van der Waals surface area contributed by atoms with E-state index in [0.29, 0.717) is 6.54 Å². The molecule has 4 rings (SSSR count). The summed E-state index contributed by atoms with van der Waals surface area (Å²) in [4.78, 5) is 15.5. The van der Waals surface area contributed by atoms with Gasteiger partial charge in [-0.1, -0.05) is 73.7 Å². The van der Waals surface area contributed by atoms with Crippen molar-refractivity contribution in [2.45, 2.75) is 32.7 Å². The van der Waals surface area contributed by atoms with E-state index >= 15 is 0 Å². The van der Waals surface area contributed by atoms with Crippen LogP contribution in [0.4, 0.5) is 0 Å². The molecule has 136 valence electrons. The number of benzene rings is 3. The molecule has 0 fully saturated rings. The van der Waals surface area contributed by atoms with E-state index in [2.05, 4.69) is 63.2 Å². The summed E-state index contributed by atoms with van der Waals surface area (Å²) in [7, 11) is 0. The molecule has 0 unspecified atom stereocenters. The van der Waals surface area contributed by atoms with Crippen molar-refractivity contribution >= 4 is 22.3 Å². The van der Waals surface area contributed by atoms with Crippen LogP contribution in [0.5, 0.6) is 0 Å². The van der Waals surface area contributed by atoms with Gasteiger partial charge in [0.15, 0.2) is 0 Å². The fraction of sp³-hybridized carbons (Fsp3) is 0.240. The number of fused-ring (bicyclic) bond motifs is 1. The molecule has 2 heteroatoms. The molecule has 1 aliphatic heterocycles. The average molecular weight is 355 g/mol. The zero-order valence-corrected chi connectivity index (χ0v) is 16.2. The minimum Gasteiger partial charge on any atom is -0.325 e. The maximum Gasteiger partial charge on any atom is 0.255 e. The van der Waals surface area contributed by atoms with Crippen molar-refractivity contribution in [3.05, 3.63) is 89.5 Å². The Labute approximate surface area is 161 Å². The molecule has 3 aromatic rings. The normalized spacial score (nSPS) is 15.1. The van der Waals surface area contributed by atoms with Gasteiger partial charge in [-0.3, -0.25) is 4.79 Å². The van der Waals surface area contributed by atoms with E-state index in [1.807, 2.05) is 35.2 Å². The maximum absolute atomic E-state index is 13.4. The third-order valence-electron chi connectivity index (χ3n) is 5.78. The molecule has 0 aromatic heterocycles. The van der Waals surface area contributed by atoms with Crippen molar-refractivity contribution in [1.29, 1.82) is 0 Å². The number of hydrogen-bond acceptors (Lipinski definition) is 1. The van der Waals surface area contributed by atoms with Gasteiger partial charge in [0.05, 0.1) is 5.54 Å². The molecule has 0 atom stereocenters. The minimum absolute atomic E-state index is 0.135. The third-order valence-corrected chi connectivity index (χ3v) is 5.78. The molecule has 0 saturated heterocycles. The Balaban J connectivity index is 1.73. The number of rotatable bonds is 4. The lowest BCUT2D eigenvalue weighted by Crippen LogP contribution is -2.43. The monoisotopic (exact) mass is 355 g/mol. The first kappa shape index (κ1) is 17.5. The van der Waals surface area contributed by atoms with Crippen LogP contribution in [0.1, 0.15) is 38.3 Å². The van der Waals surface area contributed by atoms with Crippen molar-refractivity contribution < 1.29 is 4.79 Å². The zero-order chi connectivity index (χ0) is 19.0. The molecule has 0 aliphatic carbocycles. The van der Waals surface area contributed by atoms with Crippen molar-refractivity contribution in [3.63, 3.8) is 0 Å². The number of carbonyl (C=O) groups excluding carboxylic acids is 1. The van der Waals surface area contributed by atoms with E-state index in [1.54, 1.807) is 0 Å². The summed E-state index contributed by atoms with van der Waals surface area (Å²) in [6, 6.07) is 25.0. The van der Waals surface area contributed by atoms with Gasteiger partial charge in [0.2, 0.25) is 0 Å². The number of nitrogens with zero attached hydrogens (tertiary/aromatic N) is 1. The number of carbonyl (C=O) groups is 1. The van der Waals surface area contributed by atoms with E-state index < -0.39 is 0 Å². The molecule has 0 N–H and O–H groups in total. The van der Waals surface area contributed by atoms with Crippen LogP contribution in [0.25, 0.3) is 16.3 Å². The molecule has 0 radical (unpaired) electrons. The fourth-order valence-corrected chi connectivity index (χ4v) is 4.03. The summed E-state index contributed by atoms with van der Waals surface area (Å²) in [5.74, 6) is 0.135. The molecule has 3 aromatic carbocycles. The first-order valence-electron chi connectivity index (χ1n) is 9.61. The van der Waals surface area contributed by atoms with Crippen LogP contribution in [-0.2, 0) is 10.3 Å². The molecule has 1 heterocycles. The Hall–Kier alpha value is -2.87. The van der Waals surface area contributed by atoms with Crippen molar-refractivity contribution in [2.24, 2.45) is 0 Å². The second kappa shape index (κ2) is 6.70. The first-order valence-corrected chi connectivity index (χ1v) is 9.61. The quantitative estimate of drug-likeness (QED) is 0.581. The minimum atomic E-state index is -0.377. The zero-order valence-electron chi connectivity index (χ0n) is 16.2. The number of hydrogen-bond donors (Lipinski definition) is 0. The van der Waals surface area contributed by atoms with Crippen molar-refractivity contribution in [1.82, 2.24) is 4.90 Å². The molecule has 27 heavy (non-hydrogen) atoms. The Morgan fingerprint density at radius 2 is 1.56 bits per heavy atom. The van der Waals surface area contributed by atoms with Gasteiger partial charge >= 0.3 is 0 Å². The molecule has 2 nitrogen and oxygen atoms in total. The standard InChI is InChI=1S/C25H25NO/c1-4-18-17-26(24(27)23(18)20-11-6-5-7-12-20)25(2,3)22-15-14-19-10-8-9-13-21(19)16-22/h5-16H,4,17H2,1-3H3. The van der Waals surface area contributed by atoms with Crippen LogP contribution >= 0.6 is 0 Å². The summed E-state index contributed by atoms with van der Waals surface area (Å²) in [5, 5.41) is 2.43. The second-order valence-electron chi connectivity index (χ2n) is 7.71. The first-order chi connectivity index (χ1) is 13.0. The Bertz CT molecular complexity index is 1030. The van der Waals surface area contributed by atoms with Gasteiger partial charge in [-0.15, -0.1) is 0 Å². The van der Waals surface area contributed by atoms with Gasteiger partial charge in [-0.05, 0) is 53.8 Å². The maximum atomic E-state index is 13.4. The van der Waals surface area contributed by atoms with Gasteiger partial charge in [0.25, 0.3) is 5.91 Å². The lowest BCUT2D eigenvalue weighted by molar-refractivity contribution is -0.128. The lowest BCUT2D eigenvalue weighted by atomic mass is 9.90. The van der Waals surface area contributed by atoms with E-state index in [4.69, 9.17) is 0 Å². The molecule has 0 saturated carbocycles. The van der Waals surface area contributed by atoms with Crippen LogP contribution in [0.3, 0.4) is 0 Å². The molecular weight excluding hydrogens is 330 g/mol. The van der Waals surface area contributed by atoms with Crippen LogP contribution in [-0.4, -0.2) is 17.4 Å². The summed E-state index contributed by atoms with van der Waals surface area (Å²) in [5.41, 5.74) is 3.92. The molecule has 1 aliphatic rings. The highest BCUT2D eigenvalue weighted by Gasteiger charge is 2.40. The van der Waals surface area contributed by atoms with E-state index in [0.717, 1.165) is 17.6 Å². The van der Waals surface area contributed by atoms with Crippen LogP contribution in [0.15, 0.2) is 78.4 Å². The number of amides is 1. The smallest absolute Gasteiger partial charge is 0.255 e. The van der Waals surface area contributed by atoms with Crippen LogP contribution < -0.4 is 0 Å². The largest absolute Gasteiger partial charge is 0.325 e. The Kier molecular flexibility index (Phi) is 4.35. The highest BCUT2D eigenvalue weighted by molar-refractivity contribution is 6.22. The molecular formula is C25H25NO. The highest BCUT2D eigenvalue weighted by atomic mass is 16.2. The van der Waals surface area contributed by atoms with Gasteiger partial charge < -0.3 is 4.90 Å². The second-order valence-corrected chi connectivity index (χ2v) is 7.71.